The van der Waals surface area contributed by atoms with Gasteiger partial charge in [-0.25, -0.2) is 0 Å². The Morgan fingerprint density at radius 3 is 2.24 bits per heavy atom. The Hall–Kier alpha value is -2.72. The minimum atomic E-state index is 0.723. The number of anilines is 1. The van der Waals surface area contributed by atoms with Crippen molar-refractivity contribution in [2.45, 2.75) is 65.2 Å². The second-order valence-electron chi connectivity index (χ2n) is 7.48. The van der Waals surface area contributed by atoms with E-state index in [2.05, 4.69) is 55.9 Å². The second-order valence-corrected chi connectivity index (χ2v) is 7.48. The van der Waals surface area contributed by atoms with E-state index in [1.165, 1.54) is 56.2 Å². The van der Waals surface area contributed by atoms with E-state index in [1.807, 2.05) is 25.5 Å². The Kier molecular flexibility index (Phi) is 11.3. The van der Waals surface area contributed by atoms with Crippen molar-refractivity contribution >= 4 is 5.69 Å². The predicted octanol–water partition coefficient (Wildman–Crippen LogP) is 5.96. The number of fused-ring (bicyclic) bond motifs is 1. The van der Waals surface area contributed by atoms with Gasteiger partial charge in [0.1, 0.15) is 0 Å². The number of nitriles is 1. The van der Waals surface area contributed by atoms with E-state index < -0.39 is 0 Å². The average Bonchev–Trinajstić information content (AvgIpc) is 3.19. The largest absolute Gasteiger partial charge is 0.374 e. The van der Waals surface area contributed by atoms with Crippen LogP contribution in [0, 0.1) is 24.2 Å². The highest BCUT2D eigenvalue weighted by molar-refractivity contribution is 5.75. The van der Waals surface area contributed by atoms with Gasteiger partial charge in [0, 0.05) is 43.7 Å². The van der Waals surface area contributed by atoms with Crippen LogP contribution in [0.25, 0.3) is 11.1 Å². The predicted molar refractivity (Wildman–Crippen MR) is 124 cm³/mol. The number of aryl methyl sites for hydroxylation is 2. The molecule has 1 aromatic heterocycles. The molecule has 1 aliphatic rings. The van der Waals surface area contributed by atoms with Gasteiger partial charge in [0.05, 0.1) is 17.8 Å². The quantitative estimate of drug-likeness (QED) is 0.450. The van der Waals surface area contributed by atoms with Crippen LogP contribution in [0.3, 0.4) is 0 Å². The van der Waals surface area contributed by atoms with Gasteiger partial charge in [0.2, 0.25) is 0 Å². The molecule has 0 saturated carbocycles. The molecule has 0 N–H and O–H groups in total. The van der Waals surface area contributed by atoms with Gasteiger partial charge < -0.3 is 4.90 Å². The van der Waals surface area contributed by atoms with Crippen molar-refractivity contribution in [2.24, 2.45) is 7.05 Å². The van der Waals surface area contributed by atoms with Crippen molar-refractivity contribution in [3.8, 4) is 30.0 Å². The highest BCUT2D eigenvalue weighted by atomic mass is 15.2. The Bertz CT molecular complexity index is 789. The van der Waals surface area contributed by atoms with Gasteiger partial charge in [0.25, 0.3) is 0 Å². The molecular formula is C25H36N4. The fourth-order valence-corrected chi connectivity index (χ4v) is 3.56. The lowest BCUT2D eigenvalue weighted by Crippen LogP contribution is -2.24. The summed E-state index contributed by atoms with van der Waals surface area (Å²) < 4.78 is 1.77. The summed E-state index contributed by atoms with van der Waals surface area (Å²) in [6, 6.07) is 6.47. The first-order valence-corrected chi connectivity index (χ1v) is 10.7. The first-order valence-electron chi connectivity index (χ1n) is 10.7. The number of hydrogen-bond acceptors (Lipinski definition) is 3. The number of terminal acetylenes is 1. The molecule has 0 bridgehead atoms. The van der Waals surface area contributed by atoms with Crippen molar-refractivity contribution < 1.29 is 0 Å². The Morgan fingerprint density at radius 2 is 1.72 bits per heavy atom. The summed E-state index contributed by atoms with van der Waals surface area (Å²) in [6.07, 6.45) is 22.5. The lowest BCUT2D eigenvalue weighted by molar-refractivity contribution is 0.624. The van der Waals surface area contributed by atoms with E-state index in [0.29, 0.717) is 0 Å². The minimum absolute atomic E-state index is 0.723. The first kappa shape index (κ1) is 24.3. The minimum Gasteiger partial charge on any atom is -0.374 e. The van der Waals surface area contributed by atoms with Crippen molar-refractivity contribution in [2.75, 3.05) is 18.5 Å². The molecule has 1 aliphatic heterocycles. The summed E-state index contributed by atoms with van der Waals surface area (Å²) in [5.74, 6) is 0. The lowest BCUT2D eigenvalue weighted by Gasteiger charge is -2.28. The summed E-state index contributed by atoms with van der Waals surface area (Å²) in [5.41, 5.74) is 5.24. The molecule has 0 radical (unpaired) electrons. The molecule has 2 heterocycles. The molecule has 4 nitrogen and oxygen atoms in total. The van der Waals surface area contributed by atoms with Crippen LogP contribution in [0.5, 0.6) is 0 Å². The third-order valence-electron chi connectivity index (χ3n) is 5.16. The molecule has 1 aromatic carbocycles. The maximum absolute atomic E-state index is 9.38. The molecule has 156 valence electrons. The molecule has 0 unspecified atom stereocenters. The van der Waals surface area contributed by atoms with E-state index in [0.717, 1.165) is 29.7 Å². The zero-order chi connectivity index (χ0) is 21.6. The van der Waals surface area contributed by atoms with E-state index in [1.54, 1.807) is 4.68 Å². The maximum atomic E-state index is 9.38. The van der Waals surface area contributed by atoms with E-state index in [4.69, 9.17) is 0 Å². The smallest absolute Gasteiger partial charge is 0.0998 e. The monoisotopic (exact) mass is 392 g/mol. The van der Waals surface area contributed by atoms with Crippen LogP contribution in [0.4, 0.5) is 5.69 Å². The lowest BCUT2D eigenvalue weighted by atomic mass is 9.94. The topological polar surface area (TPSA) is 44.9 Å². The molecule has 3 rings (SSSR count). The van der Waals surface area contributed by atoms with Crippen LogP contribution >= 0.6 is 0 Å². The summed E-state index contributed by atoms with van der Waals surface area (Å²) in [4.78, 5) is 2.23. The van der Waals surface area contributed by atoms with Crippen molar-refractivity contribution in [1.82, 2.24) is 9.78 Å². The van der Waals surface area contributed by atoms with Gasteiger partial charge in [-0.2, -0.15) is 10.4 Å². The average molecular weight is 393 g/mol. The number of benzene rings is 1. The first-order chi connectivity index (χ1) is 14.1. The zero-order valence-corrected chi connectivity index (χ0v) is 18.6. The van der Waals surface area contributed by atoms with E-state index in [-0.39, 0.29) is 0 Å². The Balaban J connectivity index is 0.000000358. The molecule has 4 heteroatoms. The molecule has 29 heavy (non-hydrogen) atoms. The molecule has 0 fully saturated rings. The summed E-state index contributed by atoms with van der Waals surface area (Å²) in [6.45, 7) is 5.57. The van der Waals surface area contributed by atoms with Crippen LogP contribution in [-0.2, 0) is 13.5 Å². The van der Waals surface area contributed by atoms with Crippen LogP contribution in [0.1, 0.15) is 69.9 Å². The fourth-order valence-electron chi connectivity index (χ4n) is 3.56. The van der Waals surface area contributed by atoms with Crippen LogP contribution in [0.15, 0.2) is 24.5 Å². The molecule has 2 aromatic rings. The van der Waals surface area contributed by atoms with Crippen molar-refractivity contribution in [3.05, 3.63) is 35.7 Å². The van der Waals surface area contributed by atoms with Gasteiger partial charge in [-0.1, -0.05) is 52.4 Å². The fraction of sp³-hybridized carbons (Fsp3) is 0.520. The third-order valence-corrected chi connectivity index (χ3v) is 5.16. The Labute approximate surface area is 177 Å². The summed E-state index contributed by atoms with van der Waals surface area (Å²) in [7, 11) is 3.98. The third kappa shape index (κ3) is 7.31. The Morgan fingerprint density at radius 1 is 1.07 bits per heavy atom. The van der Waals surface area contributed by atoms with Crippen LogP contribution < -0.4 is 4.90 Å². The number of aromatic nitrogens is 2. The van der Waals surface area contributed by atoms with Gasteiger partial charge >= 0.3 is 0 Å². The SMILES string of the molecule is C#C.CCCCCCCC.CN1CCCc2cc(-c3cnn(C)c3)c(C#N)cc21. The van der Waals surface area contributed by atoms with Crippen molar-refractivity contribution in [3.63, 3.8) is 0 Å². The number of unbranched alkanes of at least 4 members (excludes halogenated alkanes) is 5. The number of nitrogens with zero attached hydrogens (tertiary/aromatic N) is 4. The van der Waals surface area contributed by atoms with E-state index >= 15 is 0 Å². The summed E-state index contributed by atoms with van der Waals surface area (Å²) in [5, 5.41) is 13.6. The molecule has 0 spiro atoms. The second kappa shape index (κ2) is 13.5. The van der Waals surface area contributed by atoms with Gasteiger partial charge in [-0.15, -0.1) is 12.8 Å². The molecule has 0 saturated heterocycles. The highest BCUT2D eigenvalue weighted by Crippen LogP contribution is 2.33. The molecule has 0 aliphatic carbocycles. The number of rotatable bonds is 6. The standard InChI is InChI=1S/C15H16N4.C8H18.C2H2/c1-18-5-3-4-11-6-14(12(8-16)7-15(11)18)13-9-17-19(2)10-13;1-3-5-7-8-6-4-2;1-2/h6-7,9-10H,3-5H2,1-2H3;3-8H2,1-2H3;1-2H. The zero-order valence-electron chi connectivity index (χ0n) is 18.6. The van der Waals surface area contributed by atoms with Crippen LogP contribution in [-0.4, -0.2) is 23.4 Å². The molecule has 0 atom stereocenters. The normalized spacial score (nSPS) is 12.0. The van der Waals surface area contributed by atoms with Gasteiger partial charge in [-0.3, -0.25) is 4.68 Å². The van der Waals surface area contributed by atoms with Gasteiger partial charge in [0.15, 0.2) is 0 Å². The molecular weight excluding hydrogens is 356 g/mol. The van der Waals surface area contributed by atoms with Gasteiger partial charge in [-0.05, 0) is 30.5 Å². The van der Waals surface area contributed by atoms with Crippen molar-refractivity contribution in [1.29, 1.82) is 5.26 Å². The van der Waals surface area contributed by atoms with Crippen LogP contribution in [0.2, 0.25) is 0 Å². The summed E-state index contributed by atoms with van der Waals surface area (Å²) >= 11 is 0. The highest BCUT2D eigenvalue weighted by Gasteiger charge is 2.18. The number of hydrogen-bond donors (Lipinski definition) is 0. The molecule has 0 amide bonds. The van der Waals surface area contributed by atoms with E-state index in [9.17, 15) is 5.26 Å². The maximum Gasteiger partial charge on any atom is 0.0998 e.